The fourth-order valence-electron chi connectivity index (χ4n) is 1.99. The van der Waals surface area contributed by atoms with Crippen molar-refractivity contribution < 1.29 is 14.3 Å². The van der Waals surface area contributed by atoms with E-state index in [0.717, 1.165) is 0 Å². The summed E-state index contributed by atoms with van der Waals surface area (Å²) in [6.07, 6.45) is -0.227. The molecule has 0 aromatic heterocycles. The van der Waals surface area contributed by atoms with Crippen LogP contribution >= 0.6 is 0 Å². The van der Waals surface area contributed by atoms with Gasteiger partial charge in [0, 0.05) is 24.9 Å². The molecule has 1 rings (SSSR count). The Hall–Kier alpha value is -0.700. The molecular weight excluding hydrogens is 168 g/mol. The summed E-state index contributed by atoms with van der Waals surface area (Å²) >= 11 is 0. The van der Waals surface area contributed by atoms with Crippen LogP contribution in [0.5, 0.6) is 0 Å². The van der Waals surface area contributed by atoms with Gasteiger partial charge in [-0.3, -0.25) is 9.59 Å². The quantitative estimate of drug-likeness (QED) is 0.615. The van der Waals surface area contributed by atoms with Crippen molar-refractivity contribution in [3.63, 3.8) is 0 Å². The highest BCUT2D eigenvalue weighted by Gasteiger charge is 2.45. The van der Waals surface area contributed by atoms with Gasteiger partial charge in [0.25, 0.3) is 0 Å². The Bertz CT molecular complexity index is 243. The zero-order valence-corrected chi connectivity index (χ0v) is 8.59. The lowest BCUT2D eigenvalue weighted by molar-refractivity contribution is -0.152. The van der Waals surface area contributed by atoms with Crippen molar-refractivity contribution in [1.29, 1.82) is 0 Å². The van der Waals surface area contributed by atoms with Gasteiger partial charge in [-0.1, -0.05) is 20.8 Å². The van der Waals surface area contributed by atoms with E-state index in [9.17, 15) is 9.59 Å². The number of methoxy groups -OCH3 is 1. The Morgan fingerprint density at radius 1 is 1.38 bits per heavy atom. The second kappa shape index (κ2) is 3.22. The molecule has 2 unspecified atom stereocenters. The Morgan fingerprint density at radius 2 is 1.92 bits per heavy atom. The highest BCUT2D eigenvalue weighted by Crippen LogP contribution is 2.34. The first-order valence-electron chi connectivity index (χ1n) is 4.50. The summed E-state index contributed by atoms with van der Waals surface area (Å²) in [7, 11) is 1.48. The highest BCUT2D eigenvalue weighted by molar-refractivity contribution is 6.01. The molecule has 0 aliphatic heterocycles. The molecule has 1 fully saturated rings. The summed E-state index contributed by atoms with van der Waals surface area (Å²) in [6.45, 7) is 5.39. The van der Waals surface area contributed by atoms with Gasteiger partial charge in [-0.15, -0.1) is 0 Å². The number of Topliss-reactive ketones (excluding diaryl/α,β-unsaturated/α-hetero) is 2. The van der Waals surface area contributed by atoms with Crippen LogP contribution in [0.2, 0.25) is 0 Å². The molecule has 0 bridgehead atoms. The molecule has 3 nitrogen and oxygen atoms in total. The number of ketones is 2. The molecule has 3 heteroatoms. The third-order valence-electron chi connectivity index (χ3n) is 2.72. The van der Waals surface area contributed by atoms with Crippen molar-refractivity contribution >= 4 is 11.6 Å². The van der Waals surface area contributed by atoms with Crippen LogP contribution in [0.25, 0.3) is 0 Å². The molecule has 0 amide bonds. The second-order valence-electron chi connectivity index (χ2n) is 4.34. The smallest absolute Gasteiger partial charge is 0.163 e. The average Bonchev–Trinajstić information content (AvgIpc) is 2.01. The third kappa shape index (κ3) is 1.66. The Morgan fingerprint density at radius 3 is 2.38 bits per heavy atom. The molecule has 0 radical (unpaired) electrons. The van der Waals surface area contributed by atoms with E-state index in [0.29, 0.717) is 6.42 Å². The van der Waals surface area contributed by atoms with Crippen LogP contribution in [0.4, 0.5) is 0 Å². The Balaban J connectivity index is 2.92. The van der Waals surface area contributed by atoms with Crippen molar-refractivity contribution in [2.45, 2.75) is 33.3 Å². The maximum absolute atomic E-state index is 11.7. The van der Waals surface area contributed by atoms with Gasteiger partial charge in [0.05, 0.1) is 0 Å². The largest absolute Gasteiger partial charge is 0.373 e. The van der Waals surface area contributed by atoms with E-state index in [-0.39, 0.29) is 17.5 Å². The molecule has 1 saturated carbocycles. The van der Waals surface area contributed by atoms with Gasteiger partial charge < -0.3 is 4.74 Å². The molecular formula is C10H16O3. The van der Waals surface area contributed by atoms with E-state index < -0.39 is 11.5 Å². The standard InChI is InChI=1S/C10H16O3/c1-6-8(13-4)7(11)5-10(2,3)9(6)12/h6,8H,5H2,1-4H3. The van der Waals surface area contributed by atoms with E-state index in [4.69, 9.17) is 4.74 Å². The number of hydrogen-bond acceptors (Lipinski definition) is 3. The van der Waals surface area contributed by atoms with Gasteiger partial charge in [-0.2, -0.15) is 0 Å². The molecule has 13 heavy (non-hydrogen) atoms. The summed E-state index contributed by atoms with van der Waals surface area (Å²) in [6, 6.07) is 0. The Kier molecular flexibility index (Phi) is 2.57. The fourth-order valence-corrected chi connectivity index (χ4v) is 1.99. The molecule has 74 valence electrons. The van der Waals surface area contributed by atoms with Gasteiger partial charge in [-0.05, 0) is 0 Å². The number of rotatable bonds is 1. The molecule has 0 N–H and O–H groups in total. The zero-order chi connectivity index (χ0) is 10.2. The lowest BCUT2D eigenvalue weighted by Gasteiger charge is -2.35. The van der Waals surface area contributed by atoms with Crippen LogP contribution in [0.15, 0.2) is 0 Å². The van der Waals surface area contributed by atoms with E-state index in [1.165, 1.54) is 7.11 Å². The van der Waals surface area contributed by atoms with E-state index in [1.54, 1.807) is 6.92 Å². The van der Waals surface area contributed by atoms with Gasteiger partial charge >= 0.3 is 0 Å². The average molecular weight is 184 g/mol. The molecule has 2 atom stereocenters. The maximum Gasteiger partial charge on any atom is 0.163 e. The van der Waals surface area contributed by atoms with Crippen LogP contribution in [-0.2, 0) is 14.3 Å². The number of hydrogen-bond donors (Lipinski definition) is 0. The van der Waals surface area contributed by atoms with E-state index in [2.05, 4.69) is 0 Å². The summed E-state index contributed by atoms with van der Waals surface area (Å²) in [4.78, 5) is 23.2. The molecule has 0 saturated heterocycles. The number of carbonyl (C=O) groups excluding carboxylic acids is 2. The van der Waals surface area contributed by atoms with Crippen LogP contribution in [0, 0.1) is 11.3 Å². The van der Waals surface area contributed by atoms with Crippen molar-refractivity contribution in [3.05, 3.63) is 0 Å². The first kappa shape index (κ1) is 10.4. The van der Waals surface area contributed by atoms with E-state index >= 15 is 0 Å². The molecule has 1 aliphatic rings. The monoisotopic (exact) mass is 184 g/mol. The van der Waals surface area contributed by atoms with Crippen LogP contribution in [0.3, 0.4) is 0 Å². The first-order valence-corrected chi connectivity index (χ1v) is 4.50. The second-order valence-corrected chi connectivity index (χ2v) is 4.34. The molecule has 0 heterocycles. The van der Waals surface area contributed by atoms with Gasteiger partial charge in [0.1, 0.15) is 11.9 Å². The minimum absolute atomic E-state index is 0.0413. The third-order valence-corrected chi connectivity index (χ3v) is 2.72. The lowest BCUT2D eigenvalue weighted by atomic mass is 9.69. The number of carbonyl (C=O) groups is 2. The molecule has 1 aliphatic carbocycles. The topological polar surface area (TPSA) is 43.4 Å². The minimum atomic E-state index is -0.527. The zero-order valence-electron chi connectivity index (χ0n) is 8.59. The van der Waals surface area contributed by atoms with Gasteiger partial charge in [0.15, 0.2) is 5.78 Å². The minimum Gasteiger partial charge on any atom is -0.373 e. The maximum atomic E-state index is 11.7. The van der Waals surface area contributed by atoms with Gasteiger partial charge in [0.2, 0.25) is 0 Å². The van der Waals surface area contributed by atoms with Crippen molar-refractivity contribution in [3.8, 4) is 0 Å². The van der Waals surface area contributed by atoms with Crippen molar-refractivity contribution in [2.24, 2.45) is 11.3 Å². The first-order chi connectivity index (χ1) is 5.90. The summed E-state index contributed by atoms with van der Waals surface area (Å²) in [5.74, 6) is -0.139. The highest BCUT2D eigenvalue weighted by atomic mass is 16.5. The van der Waals surface area contributed by atoms with Crippen LogP contribution < -0.4 is 0 Å². The van der Waals surface area contributed by atoms with E-state index in [1.807, 2.05) is 13.8 Å². The summed E-state index contributed by atoms with van der Waals surface area (Å²) in [5.41, 5.74) is -0.508. The predicted octanol–water partition coefficient (Wildman–Crippen LogP) is 1.21. The predicted molar refractivity (Wildman–Crippen MR) is 48.4 cm³/mol. The van der Waals surface area contributed by atoms with Crippen molar-refractivity contribution in [2.75, 3.05) is 7.11 Å². The van der Waals surface area contributed by atoms with Crippen LogP contribution in [-0.4, -0.2) is 24.8 Å². The molecule has 0 spiro atoms. The number of ether oxygens (including phenoxy) is 1. The lowest BCUT2D eigenvalue weighted by Crippen LogP contribution is -2.48. The fraction of sp³-hybridized carbons (Fsp3) is 0.800. The van der Waals surface area contributed by atoms with Gasteiger partial charge in [-0.25, -0.2) is 0 Å². The summed E-state index contributed by atoms with van der Waals surface area (Å²) < 4.78 is 5.01. The normalized spacial score (nSPS) is 33.5. The Labute approximate surface area is 78.5 Å². The van der Waals surface area contributed by atoms with Crippen molar-refractivity contribution in [1.82, 2.24) is 0 Å². The SMILES string of the molecule is COC1C(=O)CC(C)(C)C(=O)C1C. The van der Waals surface area contributed by atoms with Crippen LogP contribution in [0.1, 0.15) is 27.2 Å². The molecule has 0 aromatic carbocycles. The molecule has 0 aromatic rings. The summed E-state index contributed by atoms with van der Waals surface area (Å²) in [5, 5.41) is 0.